The van der Waals surface area contributed by atoms with Gasteiger partial charge in [0, 0.05) is 12.6 Å². The number of thioether (sulfide) groups is 1. The van der Waals surface area contributed by atoms with E-state index in [-0.39, 0.29) is 10.8 Å². The molecular formula is C14H14ClFN2O2S. The minimum Gasteiger partial charge on any atom is -0.481 e. The molecule has 0 radical (unpaired) electrons. The predicted octanol–water partition coefficient (Wildman–Crippen LogP) is 3.81. The molecular weight excluding hydrogens is 315 g/mol. The third-order valence-corrected chi connectivity index (χ3v) is 4.79. The Labute approximate surface area is 130 Å². The number of halogens is 2. The molecule has 0 unspecified atom stereocenters. The zero-order valence-corrected chi connectivity index (χ0v) is 12.8. The molecule has 0 bridgehead atoms. The smallest absolute Gasteiger partial charge is 0.313 e. The summed E-state index contributed by atoms with van der Waals surface area (Å²) in [6.45, 7) is 0.726. The van der Waals surface area contributed by atoms with Crippen LogP contribution in [0.4, 0.5) is 4.39 Å². The first kappa shape index (κ1) is 14.7. The Kier molecular flexibility index (Phi) is 4.08. The molecule has 1 aliphatic rings. The van der Waals surface area contributed by atoms with Gasteiger partial charge in [-0.05, 0) is 18.4 Å². The first-order valence-electron chi connectivity index (χ1n) is 6.74. The summed E-state index contributed by atoms with van der Waals surface area (Å²) in [6.07, 6.45) is 3.49. The van der Waals surface area contributed by atoms with Crippen molar-refractivity contribution in [3.05, 3.63) is 23.0 Å². The Morgan fingerprint density at radius 1 is 1.52 bits per heavy atom. The molecule has 1 saturated carbocycles. The number of hydrogen-bond donors (Lipinski definition) is 1. The van der Waals surface area contributed by atoms with Crippen molar-refractivity contribution in [1.29, 1.82) is 0 Å². The van der Waals surface area contributed by atoms with Gasteiger partial charge in [-0.3, -0.25) is 4.79 Å². The van der Waals surface area contributed by atoms with Gasteiger partial charge in [0.15, 0.2) is 5.16 Å². The van der Waals surface area contributed by atoms with Gasteiger partial charge in [0.05, 0.1) is 21.8 Å². The first-order valence-corrected chi connectivity index (χ1v) is 8.11. The number of aryl methyl sites for hydroxylation is 1. The molecule has 0 saturated heterocycles. The van der Waals surface area contributed by atoms with Crippen LogP contribution in [0.3, 0.4) is 0 Å². The second kappa shape index (κ2) is 5.85. The zero-order chi connectivity index (χ0) is 15.0. The average molecular weight is 329 g/mol. The molecule has 1 aliphatic carbocycles. The molecule has 1 N–H and O–H groups in total. The summed E-state index contributed by atoms with van der Waals surface area (Å²) in [4.78, 5) is 15.1. The number of carboxylic acid groups (broad SMARTS) is 1. The molecule has 0 aliphatic heterocycles. The van der Waals surface area contributed by atoms with Gasteiger partial charge in [0.2, 0.25) is 0 Å². The zero-order valence-electron chi connectivity index (χ0n) is 11.2. The number of fused-ring (bicyclic) bond motifs is 1. The molecule has 1 aromatic carbocycles. The van der Waals surface area contributed by atoms with Crippen LogP contribution in [0.2, 0.25) is 5.02 Å². The maximum atomic E-state index is 13.7. The molecule has 1 fully saturated rings. The fourth-order valence-electron chi connectivity index (χ4n) is 2.27. The Morgan fingerprint density at radius 3 is 2.95 bits per heavy atom. The molecule has 4 nitrogen and oxygen atoms in total. The summed E-state index contributed by atoms with van der Waals surface area (Å²) in [5.74, 6) is -0.711. The largest absolute Gasteiger partial charge is 0.481 e. The fourth-order valence-corrected chi connectivity index (χ4v) is 3.19. The van der Waals surface area contributed by atoms with Gasteiger partial charge in [0.1, 0.15) is 5.82 Å². The van der Waals surface area contributed by atoms with Crippen LogP contribution in [-0.4, -0.2) is 26.4 Å². The van der Waals surface area contributed by atoms with E-state index in [1.54, 1.807) is 0 Å². The minimum absolute atomic E-state index is 0.0316. The predicted molar refractivity (Wildman–Crippen MR) is 80.4 cm³/mol. The van der Waals surface area contributed by atoms with Crippen molar-refractivity contribution in [1.82, 2.24) is 9.55 Å². The number of benzene rings is 1. The van der Waals surface area contributed by atoms with Crippen molar-refractivity contribution in [2.24, 2.45) is 5.92 Å². The summed E-state index contributed by atoms with van der Waals surface area (Å²) >= 11 is 6.94. The average Bonchev–Trinajstić information content (AvgIpc) is 3.19. The number of nitrogens with zero attached hydrogens (tertiary/aromatic N) is 2. The summed E-state index contributed by atoms with van der Waals surface area (Å²) in [7, 11) is 0. The number of aliphatic carboxylic acids is 1. The standard InChI is InChI=1S/C14H14ClFN2O2S/c15-9-5-11-12(6-10(9)16)18(4-3-8-1-2-8)14(17-11)21-7-13(19)20/h5-6,8H,1-4,7H2,(H,19,20). The topological polar surface area (TPSA) is 55.1 Å². The van der Waals surface area contributed by atoms with Gasteiger partial charge < -0.3 is 9.67 Å². The normalized spacial score (nSPS) is 14.8. The summed E-state index contributed by atoms with van der Waals surface area (Å²) < 4.78 is 15.6. The fraction of sp³-hybridized carbons (Fsp3) is 0.429. The van der Waals surface area contributed by atoms with E-state index in [0.717, 1.165) is 30.6 Å². The van der Waals surface area contributed by atoms with E-state index in [4.69, 9.17) is 16.7 Å². The van der Waals surface area contributed by atoms with Gasteiger partial charge in [-0.25, -0.2) is 9.37 Å². The van der Waals surface area contributed by atoms with E-state index in [1.165, 1.54) is 25.0 Å². The molecule has 0 atom stereocenters. The molecule has 112 valence electrons. The Hall–Kier alpha value is -1.27. The second-order valence-corrected chi connectivity index (χ2v) is 6.57. The van der Waals surface area contributed by atoms with E-state index < -0.39 is 11.8 Å². The molecule has 2 aromatic rings. The van der Waals surface area contributed by atoms with Crippen molar-refractivity contribution < 1.29 is 14.3 Å². The van der Waals surface area contributed by atoms with E-state index in [9.17, 15) is 9.18 Å². The van der Waals surface area contributed by atoms with Gasteiger partial charge in [-0.1, -0.05) is 36.2 Å². The van der Waals surface area contributed by atoms with Crippen LogP contribution in [-0.2, 0) is 11.3 Å². The number of hydrogen-bond acceptors (Lipinski definition) is 3. The van der Waals surface area contributed by atoms with Crippen molar-refractivity contribution in [3.63, 3.8) is 0 Å². The van der Waals surface area contributed by atoms with E-state index >= 15 is 0 Å². The third kappa shape index (κ3) is 3.32. The number of carboxylic acids is 1. The molecule has 3 rings (SSSR count). The van der Waals surface area contributed by atoms with Crippen molar-refractivity contribution >= 4 is 40.4 Å². The number of rotatable bonds is 6. The maximum Gasteiger partial charge on any atom is 0.313 e. The van der Waals surface area contributed by atoms with Crippen molar-refractivity contribution in [2.45, 2.75) is 31.0 Å². The molecule has 21 heavy (non-hydrogen) atoms. The Morgan fingerprint density at radius 2 is 2.29 bits per heavy atom. The summed E-state index contributed by atoms with van der Waals surface area (Å²) in [5.41, 5.74) is 1.27. The highest BCUT2D eigenvalue weighted by Crippen LogP contribution is 2.35. The molecule has 1 heterocycles. The number of imidazole rings is 1. The van der Waals surface area contributed by atoms with E-state index in [2.05, 4.69) is 4.98 Å². The van der Waals surface area contributed by atoms with Gasteiger partial charge >= 0.3 is 5.97 Å². The molecule has 1 aromatic heterocycles. The molecule has 0 spiro atoms. The SMILES string of the molecule is O=C(O)CSc1nc2cc(Cl)c(F)cc2n1CCC1CC1. The van der Waals surface area contributed by atoms with Crippen LogP contribution < -0.4 is 0 Å². The summed E-state index contributed by atoms with van der Waals surface area (Å²) in [6, 6.07) is 2.87. The lowest BCUT2D eigenvalue weighted by molar-refractivity contribution is -0.133. The van der Waals surface area contributed by atoms with Crippen LogP contribution in [0.25, 0.3) is 11.0 Å². The van der Waals surface area contributed by atoms with Crippen LogP contribution >= 0.6 is 23.4 Å². The van der Waals surface area contributed by atoms with Crippen LogP contribution in [0.5, 0.6) is 0 Å². The third-order valence-electron chi connectivity index (χ3n) is 3.54. The lowest BCUT2D eigenvalue weighted by Crippen LogP contribution is -2.04. The van der Waals surface area contributed by atoms with Crippen LogP contribution in [0.15, 0.2) is 17.3 Å². The lowest BCUT2D eigenvalue weighted by Gasteiger charge is -2.08. The van der Waals surface area contributed by atoms with Crippen LogP contribution in [0, 0.1) is 11.7 Å². The second-order valence-electron chi connectivity index (χ2n) is 5.22. The van der Waals surface area contributed by atoms with Gasteiger partial charge in [0.25, 0.3) is 0 Å². The highest BCUT2D eigenvalue weighted by molar-refractivity contribution is 7.99. The lowest BCUT2D eigenvalue weighted by atomic mass is 10.2. The number of aromatic nitrogens is 2. The maximum absolute atomic E-state index is 13.7. The monoisotopic (exact) mass is 328 g/mol. The quantitative estimate of drug-likeness (QED) is 0.819. The number of carbonyl (C=O) groups is 1. The Balaban J connectivity index is 1.96. The van der Waals surface area contributed by atoms with Crippen molar-refractivity contribution in [2.75, 3.05) is 5.75 Å². The Bertz CT molecular complexity index is 700. The molecule has 0 amide bonds. The highest BCUT2D eigenvalue weighted by atomic mass is 35.5. The first-order chi connectivity index (χ1) is 10.0. The van der Waals surface area contributed by atoms with E-state index in [1.807, 2.05) is 4.57 Å². The highest BCUT2D eigenvalue weighted by Gasteiger charge is 2.22. The van der Waals surface area contributed by atoms with Crippen molar-refractivity contribution in [3.8, 4) is 0 Å². The van der Waals surface area contributed by atoms with Gasteiger partial charge in [-0.2, -0.15) is 0 Å². The van der Waals surface area contributed by atoms with Crippen LogP contribution in [0.1, 0.15) is 19.3 Å². The van der Waals surface area contributed by atoms with Gasteiger partial charge in [-0.15, -0.1) is 0 Å². The molecule has 7 heteroatoms. The minimum atomic E-state index is -0.898. The summed E-state index contributed by atoms with van der Waals surface area (Å²) in [5, 5.41) is 9.46. The van der Waals surface area contributed by atoms with E-state index in [0.29, 0.717) is 16.2 Å².